The van der Waals surface area contributed by atoms with E-state index in [-0.39, 0.29) is 27.7 Å². The highest BCUT2D eigenvalue weighted by molar-refractivity contribution is 8.00. The number of piperazine rings is 1. The zero-order valence-electron chi connectivity index (χ0n) is 16.2. The summed E-state index contributed by atoms with van der Waals surface area (Å²) in [6, 6.07) is 11.3. The van der Waals surface area contributed by atoms with Crippen LogP contribution in [0.1, 0.15) is 17.3 Å². The van der Waals surface area contributed by atoms with Crippen LogP contribution in [0.15, 0.2) is 47.4 Å². The Kier molecular flexibility index (Phi) is 7.03. The second-order valence-electron chi connectivity index (χ2n) is 6.68. The van der Waals surface area contributed by atoms with Gasteiger partial charge in [-0.2, -0.15) is 0 Å². The molecule has 0 aromatic heterocycles. The van der Waals surface area contributed by atoms with Gasteiger partial charge in [0, 0.05) is 31.1 Å². The molecule has 1 aliphatic heterocycles. The molecule has 3 rings (SSSR count). The first kappa shape index (κ1) is 21.5. The Balaban J connectivity index is 1.55. The number of methoxy groups -OCH3 is 1. The first-order valence-corrected chi connectivity index (χ1v) is 10.5. The van der Waals surface area contributed by atoms with E-state index in [1.54, 1.807) is 16.9 Å². The lowest BCUT2D eigenvalue weighted by Crippen LogP contribution is -2.52. The molecule has 29 heavy (non-hydrogen) atoms. The second kappa shape index (κ2) is 9.50. The van der Waals surface area contributed by atoms with Crippen molar-refractivity contribution in [2.45, 2.75) is 17.1 Å². The van der Waals surface area contributed by atoms with Gasteiger partial charge < -0.3 is 14.5 Å². The number of thioether (sulfide) groups is 1. The molecule has 1 heterocycles. The molecule has 2 aromatic carbocycles. The Morgan fingerprint density at radius 2 is 1.69 bits per heavy atom. The number of hydrogen-bond acceptors (Lipinski definition) is 4. The molecule has 1 saturated heterocycles. The minimum Gasteiger partial charge on any atom is -0.497 e. The minimum atomic E-state index is -0.481. The average Bonchev–Trinajstić information content (AvgIpc) is 2.73. The number of rotatable bonds is 5. The molecule has 5 nitrogen and oxygen atoms in total. The quantitative estimate of drug-likeness (QED) is 0.666. The fraction of sp³-hybridized carbons (Fsp3) is 0.333. The molecule has 0 saturated carbocycles. The van der Waals surface area contributed by atoms with Gasteiger partial charge in [0.1, 0.15) is 11.6 Å². The lowest BCUT2D eigenvalue weighted by atomic mass is 10.1. The van der Waals surface area contributed by atoms with Gasteiger partial charge in [0.05, 0.1) is 22.9 Å². The minimum absolute atomic E-state index is 0.0396. The maximum Gasteiger partial charge on any atom is 0.255 e. The van der Waals surface area contributed by atoms with Gasteiger partial charge in [-0.25, -0.2) is 4.39 Å². The summed E-state index contributed by atoms with van der Waals surface area (Å²) in [7, 11) is 1.61. The first-order chi connectivity index (χ1) is 13.9. The van der Waals surface area contributed by atoms with Crippen molar-refractivity contribution in [2.75, 3.05) is 33.3 Å². The number of ether oxygens (including phenoxy) is 1. The summed E-state index contributed by atoms with van der Waals surface area (Å²) in [5.74, 6) is 0.0844. The molecule has 0 N–H and O–H groups in total. The fourth-order valence-electron chi connectivity index (χ4n) is 3.13. The Labute approximate surface area is 178 Å². The van der Waals surface area contributed by atoms with Gasteiger partial charge in [0.2, 0.25) is 5.91 Å². The summed E-state index contributed by atoms with van der Waals surface area (Å²) in [6.45, 7) is 3.62. The van der Waals surface area contributed by atoms with E-state index < -0.39 is 5.82 Å². The number of amides is 2. The largest absolute Gasteiger partial charge is 0.497 e. The molecule has 8 heteroatoms. The van der Waals surface area contributed by atoms with Crippen molar-refractivity contribution in [1.29, 1.82) is 0 Å². The Morgan fingerprint density at radius 3 is 2.28 bits per heavy atom. The maximum atomic E-state index is 13.2. The Bertz CT molecular complexity index is 886. The molecule has 0 aliphatic carbocycles. The summed E-state index contributed by atoms with van der Waals surface area (Å²) in [6.07, 6.45) is 0. The molecule has 0 spiro atoms. The van der Waals surface area contributed by atoms with Crippen LogP contribution in [0.4, 0.5) is 4.39 Å². The lowest BCUT2D eigenvalue weighted by Gasteiger charge is -2.36. The monoisotopic (exact) mass is 436 g/mol. The molecule has 154 valence electrons. The SMILES string of the molecule is COc1ccc(SC(C)C(=O)N2CCN(C(=O)c3ccc(F)cc3Cl)CC2)cc1. The van der Waals surface area contributed by atoms with Gasteiger partial charge in [-0.3, -0.25) is 9.59 Å². The summed E-state index contributed by atoms with van der Waals surface area (Å²) in [5, 5.41) is -0.143. The van der Waals surface area contributed by atoms with Gasteiger partial charge in [-0.1, -0.05) is 11.6 Å². The van der Waals surface area contributed by atoms with Crippen molar-refractivity contribution >= 4 is 35.2 Å². The van der Waals surface area contributed by atoms with Crippen molar-refractivity contribution < 1.29 is 18.7 Å². The molecule has 1 fully saturated rings. The van der Waals surface area contributed by atoms with E-state index in [4.69, 9.17) is 16.3 Å². The fourth-order valence-corrected chi connectivity index (χ4v) is 4.33. The third-order valence-corrected chi connectivity index (χ3v) is 6.17. The second-order valence-corrected chi connectivity index (χ2v) is 8.50. The zero-order chi connectivity index (χ0) is 21.0. The van der Waals surface area contributed by atoms with E-state index in [2.05, 4.69) is 0 Å². The molecular weight excluding hydrogens is 415 g/mol. The molecule has 1 aliphatic rings. The van der Waals surface area contributed by atoms with Gasteiger partial charge in [-0.05, 0) is 49.4 Å². The normalized spacial score (nSPS) is 15.2. The average molecular weight is 437 g/mol. The van der Waals surface area contributed by atoms with Crippen molar-refractivity contribution in [1.82, 2.24) is 9.80 Å². The standard InChI is InChI=1S/C21H22ClFN2O3S/c1-14(29-17-6-4-16(28-2)5-7-17)20(26)24-9-11-25(12-10-24)21(27)18-8-3-15(23)13-19(18)22/h3-8,13-14H,9-12H2,1-2H3. The third kappa shape index (κ3) is 5.22. The van der Waals surface area contributed by atoms with Crippen LogP contribution < -0.4 is 4.74 Å². The molecule has 1 unspecified atom stereocenters. The van der Waals surface area contributed by atoms with E-state index in [1.165, 1.54) is 23.9 Å². The number of hydrogen-bond donors (Lipinski definition) is 0. The number of halogens is 2. The first-order valence-electron chi connectivity index (χ1n) is 9.23. The van der Waals surface area contributed by atoms with Gasteiger partial charge in [0.15, 0.2) is 0 Å². The van der Waals surface area contributed by atoms with Gasteiger partial charge in [-0.15, -0.1) is 11.8 Å². The van der Waals surface area contributed by atoms with E-state index in [1.807, 2.05) is 31.2 Å². The summed E-state index contributed by atoms with van der Waals surface area (Å²) >= 11 is 7.49. The summed E-state index contributed by atoms with van der Waals surface area (Å²) in [4.78, 5) is 29.8. The highest BCUT2D eigenvalue weighted by Crippen LogP contribution is 2.27. The zero-order valence-corrected chi connectivity index (χ0v) is 17.8. The van der Waals surface area contributed by atoms with Crippen LogP contribution >= 0.6 is 23.4 Å². The van der Waals surface area contributed by atoms with Crippen molar-refractivity contribution in [3.8, 4) is 5.75 Å². The number of benzene rings is 2. The van der Waals surface area contributed by atoms with Crippen LogP contribution in [0.2, 0.25) is 5.02 Å². The predicted octanol–water partition coefficient (Wildman–Crippen LogP) is 3.95. The number of carbonyl (C=O) groups is 2. The van der Waals surface area contributed by atoms with Crippen LogP contribution in [0.25, 0.3) is 0 Å². The smallest absolute Gasteiger partial charge is 0.255 e. The van der Waals surface area contributed by atoms with Gasteiger partial charge >= 0.3 is 0 Å². The highest BCUT2D eigenvalue weighted by Gasteiger charge is 2.28. The van der Waals surface area contributed by atoms with E-state index in [0.29, 0.717) is 26.2 Å². The third-order valence-electron chi connectivity index (χ3n) is 4.76. The number of carbonyl (C=O) groups excluding carboxylic acids is 2. The van der Waals surface area contributed by atoms with Crippen molar-refractivity contribution in [3.05, 3.63) is 58.9 Å². The van der Waals surface area contributed by atoms with Crippen LogP contribution in [0.5, 0.6) is 5.75 Å². The number of nitrogens with zero attached hydrogens (tertiary/aromatic N) is 2. The van der Waals surface area contributed by atoms with Crippen LogP contribution in [-0.4, -0.2) is 60.2 Å². The Morgan fingerprint density at radius 1 is 1.07 bits per heavy atom. The highest BCUT2D eigenvalue weighted by atomic mass is 35.5. The molecular formula is C21H22ClFN2O3S. The van der Waals surface area contributed by atoms with Gasteiger partial charge in [0.25, 0.3) is 5.91 Å². The molecule has 1 atom stereocenters. The van der Waals surface area contributed by atoms with Crippen LogP contribution in [0.3, 0.4) is 0 Å². The van der Waals surface area contributed by atoms with Crippen LogP contribution in [0, 0.1) is 5.82 Å². The topological polar surface area (TPSA) is 49.9 Å². The molecule has 0 radical (unpaired) electrons. The summed E-state index contributed by atoms with van der Waals surface area (Å²) < 4.78 is 18.3. The summed E-state index contributed by atoms with van der Waals surface area (Å²) in [5.41, 5.74) is 0.274. The maximum absolute atomic E-state index is 13.2. The van der Waals surface area contributed by atoms with Crippen LogP contribution in [-0.2, 0) is 4.79 Å². The van der Waals surface area contributed by atoms with E-state index >= 15 is 0 Å². The molecule has 2 amide bonds. The van der Waals surface area contributed by atoms with E-state index in [0.717, 1.165) is 16.7 Å². The molecule has 0 bridgehead atoms. The van der Waals surface area contributed by atoms with Crippen molar-refractivity contribution in [3.63, 3.8) is 0 Å². The van der Waals surface area contributed by atoms with E-state index in [9.17, 15) is 14.0 Å². The van der Waals surface area contributed by atoms with Crippen molar-refractivity contribution in [2.24, 2.45) is 0 Å². The molecule has 2 aromatic rings. The lowest BCUT2D eigenvalue weighted by molar-refractivity contribution is -0.131. The predicted molar refractivity (Wildman–Crippen MR) is 112 cm³/mol. The Hall–Kier alpha value is -2.25.